The Hall–Kier alpha value is -0.740. The number of aryl methyl sites for hydroxylation is 1. The first-order valence-corrected chi connectivity index (χ1v) is 7.28. The Morgan fingerprint density at radius 2 is 2.18 bits per heavy atom. The molecular formula is C13H20N2OS. The zero-order valence-electron chi connectivity index (χ0n) is 10.4. The molecule has 1 N–H and O–H groups in total. The molecule has 0 fully saturated rings. The first-order chi connectivity index (χ1) is 8.33. The van der Waals surface area contributed by atoms with Gasteiger partial charge in [0.05, 0.1) is 10.6 Å². The Kier molecular flexibility index (Phi) is 4.68. The molecule has 1 heterocycles. The maximum absolute atomic E-state index is 10.4. The highest BCUT2D eigenvalue weighted by molar-refractivity contribution is 7.05. The fraction of sp³-hybridized carbons (Fsp3) is 0.692. The van der Waals surface area contributed by atoms with Crippen LogP contribution < -0.4 is 0 Å². The Labute approximate surface area is 107 Å². The molecule has 2 rings (SSSR count). The van der Waals surface area contributed by atoms with Gasteiger partial charge >= 0.3 is 0 Å². The van der Waals surface area contributed by atoms with Crippen LogP contribution in [0.2, 0.25) is 0 Å². The van der Waals surface area contributed by atoms with Crippen molar-refractivity contribution in [3.8, 4) is 0 Å². The molecule has 1 aliphatic carbocycles. The highest BCUT2D eigenvalue weighted by atomic mass is 32.1. The van der Waals surface area contributed by atoms with E-state index in [4.69, 9.17) is 0 Å². The quantitative estimate of drug-likeness (QED) is 0.838. The summed E-state index contributed by atoms with van der Waals surface area (Å²) in [5.74, 6) is 0. The van der Waals surface area contributed by atoms with E-state index in [9.17, 15) is 5.11 Å². The minimum Gasteiger partial charge on any atom is -0.383 e. The summed E-state index contributed by atoms with van der Waals surface area (Å²) in [6.45, 7) is 2.06. The van der Waals surface area contributed by atoms with Crippen LogP contribution in [-0.2, 0) is 6.42 Å². The van der Waals surface area contributed by atoms with Gasteiger partial charge in [0.1, 0.15) is 6.10 Å². The third-order valence-corrected chi connectivity index (χ3v) is 4.16. The number of hydrogen-bond donors (Lipinski definition) is 1. The van der Waals surface area contributed by atoms with Crippen LogP contribution in [0.25, 0.3) is 0 Å². The highest BCUT2D eigenvalue weighted by Crippen LogP contribution is 2.31. The predicted octanol–water partition coefficient (Wildman–Crippen LogP) is 3.41. The summed E-state index contributed by atoms with van der Waals surface area (Å²) in [6.07, 6.45) is 9.76. The fourth-order valence-corrected chi connectivity index (χ4v) is 3.07. The summed E-state index contributed by atoms with van der Waals surface area (Å²) in [4.78, 5) is 0.944. The van der Waals surface area contributed by atoms with Gasteiger partial charge in [0, 0.05) is 0 Å². The molecule has 1 aliphatic rings. The lowest BCUT2D eigenvalue weighted by Gasteiger charge is -2.16. The summed E-state index contributed by atoms with van der Waals surface area (Å²) in [5, 5.41) is 14.5. The molecule has 0 radical (unpaired) electrons. The van der Waals surface area contributed by atoms with Crippen LogP contribution in [0.4, 0.5) is 0 Å². The third-order valence-electron chi connectivity index (χ3n) is 3.35. The first-order valence-electron chi connectivity index (χ1n) is 6.51. The van der Waals surface area contributed by atoms with Crippen molar-refractivity contribution in [1.82, 2.24) is 9.59 Å². The Bertz CT molecular complexity index is 387. The Morgan fingerprint density at radius 3 is 3.00 bits per heavy atom. The highest BCUT2D eigenvalue weighted by Gasteiger charge is 2.20. The second-order valence-corrected chi connectivity index (χ2v) is 5.36. The molecular weight excluding hydrogens is 232 g/mol. The SMILES string of the molecule is CCc1nnsc1C(O)C1=CCCCCCC1. The largest absolute Gasteiger partial charge is 0.383 e. The van der Waals surface area contributed by atoms with Gasteiger partial charge in [-0.25, -0.2) is 0 Å². The molecule has 4 heteroatoms. The van der Waals surface area contributed by atoms with Gasteiger partial charge in [-0.2, -0.15) is 0 Å². The van der Waals surface area contributed by atoms with E-state index >= 15 is 0 Å². The number of nitrogens with zero attached hydrogens (tertiary/aromatic N) is 2. The van der Waals surface area contributed by atoms with E-state index < -0.39 is 6.10 Å². The monoisotopic (exact) mass is 252 g/mol. The summed E-state index contributed by atoms with van der Waals surface area (Å²) >= 11 is 1.34. The van der Waals surface area contributed by atoms with Gasteiger partial charge < -0.3 is 5.11 Å². The first kappa shape index (κ1) is 12.7. The van der Waals surface area contributed by atoms with Crippen LogP contribution in [0, 0.1) is 0 Å². The molecule has 0 spiro atoms. The summed E-state index contributed by atoms with van der Waals surface area (Å²) < 4.78 is 3.96. The average Bonchev–Trinajstić information content (AvgIpc) is 2.75. The van der Waals surface area contributed by atoms with Crippen molar-refractivity contribution in [2.24, 2.45) is 0 Å². The van der Waals surface area contributed by atoms with Gasteiger partial charge in [0.15, 0.2) is 0 Å². The average molecular weight is 252 g/mol. The van der Waals surface area contributed by atoms with Crippen LogP contribution in [0.3, 0.4) is 0 Å². The number of rotatable bonds is 3. The molecule has 0 bridgehead atoms. The molecule has 1 aromatic heterocycles. The second-order valence-electron chi connectivity index (χ2n) is 4.57. The van der Waals surface area contributed by atoms with E-state index in [2.05, 4.69) is 22.6 Å². The smallest absolute Gasteiger partial charge is 0.113 e. The van der Waals surface area contributed by atoms with Gasteiger partial charge in [-0.3, -0.25) is 0 Å². The van der Waals surface area contributed by atoms with Crippen molar-refractivity contribution in [1.29, 1.82) is 0 Å². The minimum absolute atomic E-state index is 0.469. The lowest BCUT2D eigenvalue weighted by Crippen LogP contribution is -2.04. The van der Waals surface area contributed by atoms with Crippen molar-refractivity contribution < 1.29 is 5.11 Å². The summed E-state index contributed by atoms with van der Waals surface area (Å²) in [6, 6.07) is 0. The molecule has 0 amide bonds. The van der Waals surface area contributed by atoms with Crippen molar-refractivity contribution in [3.05, 3.63) is 22.2 Å². The van der Waals surface area contributed by atoms with Crippen molar-refractivity contribution in [2.75, 3.05) is 0 Å². The van der Waals surface area contributed by atoms with E-state index in [0.717, 1.165) is 29.8 Å². The maximum atomic E-state index is 10.4. The molecule has 1 aromatic rings. The fourth-order valence-electron chi connectivity index (χ4n) is 2.30. The maximum Gasteiger partial charge on any atom is 0.113 e. The molecule has 0 aliphatic heterocycles. The van der Waals surface area contributed by atoms with E-state index in [-0.39, 0.29) is 0 Å². The third kappa shape index (κ3) is 3.13. The number of hydrogen-bond acceptors (Lipinski definition) is 4. The zero-order valence-corrected chi connectivity index (χ0v) is 11.2. The predicted molar refractivity (Wildman–Crippen MR) is 70.0 cm³/mol. The second kappa shape index (κ2) is 6.26. The van der Waals surface area contributed by atoms with Crippen LogP contribution in [-0.4, -0.2) is 14.7 Å². The Balaban J connectivity index is 2.14. The molecule has 0 saturated heterocycles. The van der Waals surface area contributed by atoms with Crippen LogP contribution >= 0.6 is 11.5 Å². The van der Waals surface area contributed by atoms with Crippen molar-refractivity contribution >= 4 is 11.5 Å². The molecule has 1 unspecified atom stereocenters. The van der Waals surface area contributed by atoms with Gasteiger partial charge in [-0.05, 0) is 49.2 Å². The minimum atomic E-state index is -0.469. The summed E-state index contributed by atoms with van der Waals surface area (Å²) in [7, 11) is 0. The van der Waals surface area contributed by atoms with Crippen LogP contribution in [0.1, 0.15) is 62.1 Å². The van der Waals surface area contributed by atoms with Crippen LogP contribution in [0.15, 0.2) is 11.6 Å². The lowest BCUT2D eigenvalue weighted by atomic mass is 9.95. The van der Waals surface area contributed by atoms with E-state index in [1.165, 1.54) is 42.8 Å². The van der Waals surface area contributed by atoms with Crippen LogP contribution in [0.5, 0.6) is 0 Å². The molecule has 1 atom stereocenters. The molecule has 3 nitrogen and oxygen atoms in total. The van der Waals surface area contributed by atoms with Gasteiger partial charge in [-0.15, -0.1) is 5.10 Å². The van der Waals surface area contributed by atoms with E-state index in [1.807, 2.05) is 0 Å². The van der Waals surface area contributed by atoms with Gasteiger partial charge in [0.2, 0.25) is 0 Å². The normalized spacial score (nSPS) is 19.3. The molecule has 0 aromatic carbocycles. The van der Waals surface area contributed by atoms with E-state index in [1.54, 1.807) is 0 Å². The zero-order chi connectivity index (χ0) is 12.1. The Morgan fingerprint density at radius 1 is 1.35 bits per heavy atom. The number of aromatic nitrogens is 2. The number of aliphatic hydroxyl groups is 1. The van der Waals surface area contributed by atoms with Gasteiger partial charge in [0.25, 0.3) is 0 Å². The molecule has 17 heavy (non-hydrogen) atoms. The molecule has 0 saturated carbocycles. The molecule has 94 valence electrons. The number of aliphatic hydroxyl groups excluding tert-OH is 1. The van der Waals surface area contributed by atoms with E-state index in [0.29, 0.717) is 0 Å². The topological polar surface area (TPSA) is 46.0 Å². The summed E-state index contributed by atoms with van der Waals surface area (Å²) in [5.41, 5.74) is 2.12. The van der Waals surface area contributed by atoms with Crippen molar-refractivity contribution in [3.63, 3.8) is 0 Å². The lowest BCUT2D eigenvalue weighted by molar-refractivity contribution is 0.211. The number of allylic oxidation sites excluding steroid dienone is 1. The standard InChI is InChI=1S/C13H20N2OS/c1-2-11-13(17-15-14-11)12(16)10-8-6-4-3-5-7-9-10/h8,12,16H,2-7,9H2,1H3. The van der Waals surface area contributed by atoms with Gasteiger partial charge in [-0.1, -0.05) is 30.3 Å². The van der Waals surface area contributed by atoms with Crippen molar-refractivity contribution in [2.45, 2.75) is 58.0 Å².